The van der Waals surface area contributed by atoms with Crippen LogP contribution in [0.2, 0.25) is 0 Å². The van der Waals surface area contributed by atoms with Gasteiger partial charge in [0.15, 0.2) is 0 Å². The molecule has 1 aromatic rings. The van der Waals surface area contributed by atoms with Crippen molar-refractivity contribution in [2.45, 2.75) is 37.8 Å². The van der Waals surface area contributed by atoms with Crippen molar-refractivity contribution in [2.24, 2.45) is 0 Å². The van der Waals surface area contributed by atoms with Crippen LogP contribution < -0.4 is 10.1 Å². The predicted molar refractivity (Wildman–Crippen MR) is 95.8 cm³/mol. The topological polar surface area (TPSA) is 50.8 Å². The average molecular weight is 355 g/mol. The van der Waals surface area contributed by atoms with Gasteiger partial charge < -0.3 is 19.7 Å². The first-order valence-electron chi connectivity index (χ1n) is 8.54. The molecule has 134 valence electrons. The highest BCUT2D eigenvalue weighted by molar-refractivity contribution is 5.85. The number of rotatable bonds is 4. The van der Waals surface area contributed by atoms with Crippen LogP contribution in [-0.2, 0) is 9.53 Å². The fraction of sp³-hybridized carbons (Fsp3) is 0.611. The Hall–Kier alpha value is -1.30. The number of carbonyl (C=O) groups is 1. The molecule has 2 aliphatic heterocycles. The number of nitrogens with one attached hydrogen (secondary N) is 1. The van der Waals surface area contributed by atoms with Gasteiger partial charge in [0.25, 0.3) is 0 Å². The first-order chi connectivity index (χ1) is 11.3. The molecular formula is C18H27ClN2O3. The number of nitrogens with zero attached hydrogens (tertiary/aromatic N) is 1. The summed E-state index contributed by atoms with van der Waals surface area (Å²) in [6.07, 6.45) is 3.85. The van der Waals surface area contributed by atoms with E-state index in [0.717, 1.165) is 56.8 Å². The number of benzene rings is 1. The molecule has 6 heteroatoms. The largest absolute Gasteiger partial charge is 0.496 e. The van der Waals surface area contributed by atoms with Gasteiger partial charge in [0, 0.05) is 31.8 Å². The lowest BCUT2D eigenvalue weighted by Crippen LogP contribution is -2.49. The zero-order valence-electron chi connectivity index (χ0n) is 14.2. The van der Waals surface area contributed by atoms with Crippen LogP contribution in [0.1, 0.15) is 37.3 Å². The highest BCUT2D eigenvalue weighted by Crippen LogP contribution is 2.31. The molecule has 0 radical (unpaired) electrons. The molecule has 2 aliphatic rings. The van der Waals surface area contributed by atoms with Gasteiger partial charge in [-0.3, -0.25) is 4.79 Å². The summed E-state index contributed by atoms with van der Waals surface area (Å²) in [6, 6.07) is 7.99. The van der Waals surface area contributed by atoms with E-state index < -0.39 is 0 Å². The summed E-state index contributed by atoms with van der Waals surface area (Å²) in [6.45, 7) is 3.12. The minimum Gasteiger partial charge on any atom is -0.496 e. The molecule has 2 fully saturated rings. The lowest BCUT2D eigenvalue weighted by molar-refractivity contribution is -0.138. The predicted octanol–water partition coefficient (Wildman–Crippen LogP) is 2.55. The van der Waals surface area contributed by atoms with Crippen molar-refractivity contribution in [2.75, 3.05) is 33.4 Å². The van der Waals surface area contributed by atoms with Crippen molar-refractivity contribution in [3.8, 4) is 5.75 Å². The van der Waals surface area contributed by atoms with Crippen LogP contribution in [0, 0.1) is 0 Å². The Labute approximate surface area is 150 Å². The summed E-state index contributed by atoms with van der Waals surface area (Å²) >= 11 is 0. The quantitative estimate of drug-likeness (QED) is 0.902. The number of hydrogen-bond acceptors (Lipinski definition) is 4. The molecule has 1 N–H and O–H groups in total. The molecule has 2 atom stereocenters. The fourth-order valence-electron chi connectivity index (χ4n) is 3.50. The standard InChI is InChI=1S/C18H26N2O3.ClH/c1-22-17-8-3-2-7-15(17)16-13-19-9-10-20(16)18(21)12-14-6-4-5-11-23-14;/h2-3,7-8,14,16,19H,4-6,9-13H2,1H3;1H. The third kappa shape index (κ3) is 4.41. The van der Waals surface area contributed by atoms with Crippen LogP contribution in [0.4, 0.5) is 0 Å². The molecule has 0 aromatic heterocycles. The monoisotopic (exact) mass is 354 g/mol. The van der Waals surface area contributed by atoms with E-state index in [9.17, 15) is 4.79 Å². The first kappa shape index (κ1) is 19.0. The van der Waals surface area contributed by atoms with Gasteiger partial charge in [-0.25, -0.2) is 0 Å². The molecule has 0 bridgehead atoms. The Kier molecular flexibility index (Phi) is 7.34. The third-order valence-corrected chi connectivity index (χ3v) is 4.74. The van der Waals surface area contributed by atoms with Crippen LogP contribution in [0.25, 0.3) is 0 Å². The van der Waals surface area contributed by atoms with Gasteiger partial charge in [0.1, 0.15) is 5.75 Å². The highest BCUT2D eigenvalue weighted by Gasteiger charge is 2.31. The summed E-state index contributed by atoms with van der Waals surface area (Å²) in [4.78, 5) is 14.8. The molecule has 0 saturated carbocycles. The third-order valence-electron chi connectivity index (χ3n) is 4.74. The van der Waals surface area contributed by atoms with Crippen molar-refractivity contribution in [3.05, 3.63) is 29.8 Å². The van der Waals surface area contributed by atoms with Gasteiger partial charge in [0.2, 0.25) is 5.91 Å². The highest BCUT2D eigenvalue weighted by atomic mass is 35.5. The fourth-order valence-corrected chi connectivity index (χ4v) is 3.50. The van der Waals surface area contributed by atoms with Crippen LogP contribution in [-0.4, -0.2) is 50.3 Å². The Morgan fingerprint density at radius 3 is 2.96 bits per heavy atom. The van der Waals surface area contributed by atoms with Crippen molar-refractivity contribution < 1.29 is 14.3 Å². The van der Waals surface area contributed by atoms with Gasteiger partial charge in [-0.2, -0.15) is 0 Å². The maximum absolute atomic E-state index is 12.8. The lowest BCUT2D eigenvalue weighted by Gasteiger charge is -2.38. The molecule has 0 aliphatic carbocycles. The minimum atomic E-state index is 0. The van der Waals surface area contributed by atoms with E-state index in [1.807, 2.05) is 29.2 Å². The van der Waals surface area contributed by atoms with Crippen LogP contribution in [0.15, 0.2) is 24.3 Å². The summed E-state index contributed by atoms with van der Waals surface area (Å²) < 4.78 is 11.2. The Bertz CT molecular complexity index is 535. The number of hydrogen-bond donors (Lipinski definition) is 1. The smallest absolute Gasteiger partial charge is 0.225 e. The zero-order chi connectivity index (χ0) is 16.1. The number of methoxy groups -OCH3 is 1. The molecule has 2 heterocycles. The van der Waals surface area contributed by atoms with E-state index in [-0.39, 0.29) is 30.5 Å². The number of halogens is 1. The summed E-state index contributed by atoms with van der Waals surface area (Å²) in [5.41, 5.74) is 1.07. The Morgan fingerprint density at radius 1 is 1.38 bits per heavy atom. The maximum Gasteiger partial charge on any atom is 0.225 e. The molecule has 3 rings (SSSR count). The van der Waals surface area contributed by atoms with Gasteiger partial charge in [-0.1, -0.05) is 18.2 Å². The van der Waals surface area contributed by atoms with E-state index >= 15 is 0 Å². The molecule has 5 nitrogen and oxygen atoms in total. The minimum absolute atomic E-state index is 0. The molecule has 0 spiro atoms. The van der Waals surface area contributed by atoms with E-state index in [2.05, 4.69) is 5.32 Å². The summed E-state index contributed by atoms with van der Waals surface area (Å²) in [5, 5.41) is 3.39. The summed E-state index contributed by atoms with van der Waals surface area (Å²) in [7, 11) is 1.68. The number of ether oxygens (including phenoxy) is 2. The second-order valence-electron chi connectivity index (χ2n) is 6.24. The van der Waals surface area contributed by atoms with Crippen molar-refractivity contribution in [3.63, 3.8) is 0 Å². The second-order valence-corrected chi connectivity index (χ2v) is 6.24. The van der Waals surface area contributed by atoms with Gasteiger partial charge in [-0.05, 0) is 25.3 Å². The number of para-hydroxylation sites is 1. The molecule has 24 heavy (non-hydrogen) atoms. The van der Waals surface area contributed by atoms with E-state index in [4.69, 9.17) is 9.47 Å². The number of amides is 1. The van der Waals surface area contributed by atoms with Gasteiger partial charge >= 0.3 is 0 Å². The van der Waals surface area contributed by atoms with Crippen LogP contribution in [0.5, 0.6) is 5.75 Å². The average Bonchev–Trinajstić information content (AvgIpc) is 2.62. The number of piperazine rings is 1. The molecule has 2 saturated heterocycles. The van der Waals surface area contributed by atoms with Crippen LogP contribution in [0.3, 0.4) is 0 Å². The van der Waals surface area contributed by atoms with E-state index in [0.29, 0.717) is 6.42 Å². The van der Waals surface area contributed by atoms with Gasteiger partial charge in [0.05, 0.1) is 25.7 Å². The Morgan fingerprint density at radius 2 is 2.21 bits per heavy atom. The first-order valence-corrected chi connectivity index (χ1v) is 8.54. The maximum atomic E-state index is 12.8. The van der Waals surface area contributed by atoms with Crippen molar-refractivity contribution >= 4 is 18.3 Å². The zero-order valence-corrected chi connectivity index (χ0v) is 15.0. The SMILES string of the molecule is COc1ccccc1C1CNCCN1C(=O)CC1CCCCO1.Cl. The number of carbonyl (C=O) groups excluding carboxylic acids is 1. The van der Waals surface area contributed by atoms with Crippen molar-refractivity contribution in [1.29, 1.82) is 0 Å². The van der Waals surface area contributed by atoms with E-state index in [1.165, 1.54) is 0 Å². The molecular weight excluding hydrogens is 328 g/mol. The van der Waals surface area contributed by atoms with Crippen LogP contribution >= 0.6 is 12.4 Å². The van der Waals surface area contributed by atoms with E-state index in [1.54, 1.807) is 7.11 Å². The molecule has 1 aromatic carbocycles. The Balaban J connectivity index is 0.00000208. The molecule has 2 unspecified atom stereocenters. The van der Waals surface area contributed by atoms with Crippen molar-refractivity contribution in [1.82, 2.24) is 10.2 Å². The second kappa shape index (κ2) is 9.25. The molecule has 1 amide bonds. The summed E-state index contributed by atoms with van der Waals surface area (Å²) in [5.74, 6) is 1.03. The lowest BCUT2D eigenvalue weighted by atomic mass is 10.00. The van der Waals surface area contributed by atoms with Gasteiger partial charge in [-0.15, -0.1) is 12.4 Å². The normalized spacial score (nSPS) is 24.1.